The molecule has 0 saturated carbocycles. The van der Waals surface area contributed by atoms with Crippen LogP contribution < -0.4 is 11.2 Å². The van der Waals surface area contributed by atoms with Gasteiger partial charge >= 0.3 is 12.8 Å². The van der Waals surface area contributed by atoms with Crippen molar-refractivity contribution in [3.8, 4) is 0 Å². The van der Waals surface area contributed by atoms with Gasteiger partial charge in [0.05, 0.1) is 28.5 Å². The van der Waals surface area contributed by atoms with Crippen LogP contribution in [0, 0.1) is 5.92 Å². The highest BCUT2D eigenvalue weighted by Gasteiger charge is 2.52. The lowest BCUT2D eigenvalue weighted by Gasteiger charge is -2.32. The molecule has 0 atom stereocenters. The number of hydrogen-bond donors (Lipinski definition) is 1. The molecule has 1 fully saturated rings. The summed E-state index contributed by atoms with van der Waals surface area (Å²) in [5, 5.41) is 6.28. The van der Waals surface area contributed by atoms with E-state index in [0.29, 0.717) is 24.1 Å². The second-order valence-electron chi connectivity index (χ2n) is 11.4. The molecule has 0 unspecified atom stereocenters. The van der Waals surface area contributed by atoms with Crippen LogP contribution in [0.15, 0.2) is 55.6 Å². The monoisotopic (exact) mass is 551 g/mol. The number of amidine groups is 1. The maximum Gasteiger partial charge on any atom is 0.494 e. The van der Waals surface area contributed by atoms with Gasteiger partial charge in [-0.2, -0.15) is 13.5 Å². The smallest absolute Gasteiger partial charge is 0.399 e. The number of nitrogens with zero attached hydrogens (tertiary/aromatic N) is 4. The molecule has 0 aliphatic carbocycles. The molecule has 10 nitrogen and oxygen atoms in total. The van der Waals surface area contributed by atoms with Crippen LogP contribution in [-0.4, -0.2) is 59.9 Å². The average molecular weight is 551 g/mol. The molecular formula is C27H34BN5O5S. The first-order chi connectivity index (χ1) is 18.2. The van der Waals surface area contributed by atoms with Crippen LogP contribution in [0.25, 0.3) is 11.0 Å². The first-order valence-corrected chi connectivity index (χ1v) is 14.6. The van der Waals surface area contributed by atoms with Gasteiger partial charge in [0.2, 0.25) is 0 Å². The summed E-state index contributed by atoms with van der Waals surface area (Å²) in [6, 6.07) is 10.7. The Labute approximate surface area is 228 Å². The first-order valence-electron chi connectivity index (χ1n) is 13.1. The molecular weight excluding hydrogens is 517 g/mol. The van der Waals surface area contributed by atoms with Gasteiger partial charge in [-0.05, 0) is 69.8 Å². The third kappa shape index (κ3) is 4.85. The quantitative estimate of drug-likeness (QED) is 0.286. The molecule has 2 aromatic carbocycles. The molecule has 2 aliphatic heterocycles. The predicted molar refractivity (Wildman–Crippen MR) is 153 cm³/mol. The van der Waals surface area contributed by atoms with Crippen LogP contribution in [0.1, 0.15) is 59.6 Å². The summed E-state index contributed by atoms with van der Waals surface area (Å²) in [5.74, 6) is 0.446. The van der Waals surface area contributed by atoms with Gasteiger partial charge < -0.3 is 14.3 Å². The minimum Gasteiger partial charge on any atom is -0.399 e. The van der Waals surface area contributed by atoms with E-state index >= 15 is 0 Å². The highest BCUT2D eigenvalue weighted by Crippen LogP contribution is 2.37. The number of imidazole rings is 1. The van der Waals surface area contributed by atoms with E-state index in [-0.39, 0.29) is 22.3 Å². The third-order valence-corrected chi connectivity index (χ3v) is 8.81. The molecule has 5 rings (SSSR count). The van der Waals surface area contributed by atoms with Gasteiger partial charge in [-0.3, -0.25) is 4.57 Å². The standard InChI is InChI=1S/C27H34BN5O5S/c1-8-32-22-13-18(9-12-21(22)30-25(32)34)15-29-33(16-17(2)3)24-20-11-10-19(14-23(20)39(35,36)31-24)28-37-26(4,5)27(6,7)38-28/h9-15,17H,8,16H2,1-7H3,(H,30,34)/b29-15+. The van der Waals surface area contributed by atoms with Crippen molar-refractivity contribution in [2.75, 3.05) is 6.54 Å². The number of rotatable bonds is 6. The molecule has 3 aromatic rings. The Morgan fingerprint density at radius 1 is 1.13 bits per heavy atom. The lowest BCUT2D eigenvalue weighted by molar-refractivity contribution is 0.00578. The molecule has 206 valence electrons. The topological polar surface area (TPSA) is 118 Å². The summed E-state index contributed by atoms with van der Waals surface area (Å²) in [4.78, 5) is 15.1. The number of aromatic amines is 1. The van der Waals surface area contributed by atoms with Crippen molar-refractivity contribution in [1.82, 2.24) is 14.6 Å². The van der Waals surface area contributed by atoms with Crippen molar-refractivity contribution in [2.45, 2.75) is 71.1 Å². The lowest BCUT2D eigenvalue weighted by atomic mass is 9.79. The van der Waals surface area contributed by atoms with Crippen LogP contribution in [0.5, 0.6) is 0 Å². The Balaban J connectivity index is 1.49. The minimum absolute atomic E-state index is 0.106. The van der Waals surface area contributed by atoms with E-state index in [0.717, 1.165) is 16.6 Å². The number of nitrogens with one attached hydrogen (secondary N) is 1. The molecule has 3 heterocycles. The Kier molecular flexibility index (Phi) is 6.64. The molecule has 0 bridgehead atoms. The highest BCUT2D eigenvalue weighted by molar-refractivity contribution is 7.90. The maximum atomic E-state index is 13.2. The number of hydrogen-bond acceptors (Lipinski definition) is 7. The van der Waals surface area contributed by atoms with Gasteiger partial charge in [-0.15, -0.1) is 4.40 Å². The summed E-state index contributed by atoms with van der Waals surface area (Å²) in [6.07, 6.45) is 1.66. The molecule has 0 amide bonds. The lowest BCUT2D eigenvalue weighted by Crippen LogP contribution is -2.41. The Morgan fingerprint density at radius 3 is 2.46 bits per heavy atom. The second kappa shape index (κ2) is 9.46. The Morgan fingerprint density at radius 2 is 1.82 bits per heavy atom. The SMILES string of the molecule is CCn1c(=O)[nH]c2ccc(/C=N/N(CC(C)C)C3=NS(=O)(=O)c4cc(B5OC(C)(C)C(C)(C)O5)ccc43)cc21. The molecule has 0 spiro atoms. The number of benzene rings is 2. The number of aromatic nitrogens is 2. The second-order valence-corrected chi connectivity index (χ2v) is 13.0. The van der Waals surface area contributed by atoms with Crippen molar-refractivity contribution < 1.29 is 17.7 Å². The number of hydrazone groups is 1. The van der Waals surface area contributed by atoms with Gasteiger partial charge in [0.1, 0.15) is 4.90 Å². The van der Waals surface area contributed by atoms with Crippen LogP contribution in [-0.2, 0) is 25.9 Å². The van der Waals surface area contributed by atoms with Crippen LogP contribution >= 0.6 is 0 Å². The Bertz CT molecular complexity index is 1650. The van der Waals surface area contributed by atoms with Crippen molar-refractivity contribution >= 4 is 45.7 Å². The van der Waals surface area contributed by atoms with E-state index < -0.39 is 28.3 Å². The fourth-order valence-corrected chi connectivity index (χ4v) is 5.94. The van der Waals surface area contributed by atoms with E-state index in [4.69, 9.17) is 9.31 Å². The molecule has 1 saturated heterocycles. The van der Waals surface area contributed by atoms with Gasteiger partial charge in [0, 0.05) is 18.7 Å². The van der Waals surface area contributed by atoms with Crippen molar-refractivity contribution in [3.05, 3.63) is 58.0 Å². The van der Waals surface area contributed by atoms with Gasteiger partial charge in [-0.1, -0.05) is 32.0 Å². The summed E-state index contributed by atoms with van der Waals surface area (Å²) >= 11 is 0. The van der Waals surface area contributed by atoms with E-state index in [9.17, 15) is 13.2 Å². The van der Waals surface area contributed by atoms with E-state index in [1.807, 2.05) is 72.7 Å². The summed E-state index contributed by atoms with van der Waals surface area (Å²) < 4.78 is 44.4. The molecule has 0 radical (unpaired) electrons. The molecule has 1 N–H and O–H groups in total. The number of H-pyrrole nitrogens is 1. The molecule has 2 aliphatic rings. The third-order valence-electron chi connectivity index (χ3n) is 7.50. The van der Waals surface area contributed by atoms with E-state index in [1.54, 1.807) is 27.9 Å². The van der Waals surface area contributed by atoms with Crippen molar-refractivity contribution in [1.29, 1.82) is 0 Å². The van der Waals surface area contributed by atoms with E-state index in [1.165, 1.54) is 0 Å². The van der Waals surface area contributed by atoms with Gasteiger partial charge in [-0.25, -0.2) is 9.80 Å². The number of fused-ring (bicyclic) bond motifs is 2. The molecule has 39 heavy (non-hydrogen) atoms. The van der Waals surface area contributed by atoms with Crippen LogP contribution in [0.3, 0.4) is 0 Å². The van der Waals surface area contributed by atoms with Gasteiger partial charge in [0.15, 0.2) is 5.84 Å². The summed E-state index contributed by atoms with van der Waals surface area (Å²) in [5.41, 5.74) is 2.14. The maximum absolute atomic E-state index is 13.2. The Hall–Kier alpha value is -3.22. The average Bonchev–Trinajstić information content (AvgIpc) is 3.40. The molecule has 12 heteroatoms. The van der Waals surface area contributed by atoms with Crippen LogP contribution in [0.4, 0.5) is 0 Å². The number of sulfonamides is 1. The summed E-state index contributed by atoms with van der Waals surface area (Å²) in [7, 11) is -4.63. The first kappa shape index (κ1) is 27.4. The molecule has 1 aromatic heterocycles. The highest BCUT2D eigenvalue weighted by atomic mass is 32.2. The normalized spacial score (nSPS) is 19.3. The van der Waals surface area contributed by atoms with Crippen LogP contribution in [0.2, 0.25) is 0 Å². The van der Waals surface area contributed by atoms with Crippen molar-refractivity contribution in [3.63, 3.8) is 0 Å². The minimum atomic E-state index is -3.94. The van der Waals surface area contributed by atoms with Gasteiger partial charge in [0.25, 0.3) is 10.0 Å². The predicted octanol–water partition coefficient (Wildman–Crippen LogP) is 3.09. The van der Waals surface area contributed by atoms with E-state index in [2.05, 4.69) is 14.5 Å². The fourth-order valence-electron chi connectivity index (χ4n) is 4.70. The summed E-state index contributed by atoms with van der Waals surface area (Å²) in [6.45, 7) is 14.8. The van der Waals surface area contributed by atoms with Crippen molar-refractivity contribution in [2.24, 2.45) is 15.4 Å². The zero-order valence-electron chi connectivity index (χ0n) is 23.3. The number of aryl methyl sites for hydroxylation is 1. The zero-order chi connectivity index (χ0) is 28.3. The zero-order valence-corrected chi connectivity index (χ0v) is 24.2. The largest absolute Gasteiger partial charge is 0.494 e. The fraction of sp³-hybridized carbons (Fsp3) is 0.444.